The summed E-state index contributed by atoms with van der Waals surface area (Å²) in [7, 11) is 2.04. The van der Waals surface area contributed by atoms with Crippen LogP contribution in [0.25, 0.3) is 0 Å². The van der Waals surface area contributed by atoms with E-state index in [-0.39, 0.29) is 0 Å². The third-order valence-corrected chi connectivity index (χ3v) is 4.80. The van der Waals surface area contributed by atoms with Crippen molar-refractivity contribution in [1.82, 2.24) is 5.32 Å². The van der Waals surface area contributed by atoms with Gasteiger partial charge in [0.25, 0.3) is 0 Å². The average molecular weight is 273 g/mol. The van der Waals surface area contributed by atoms with Crippen LogP contribution in [0.4, 0.5) is 0 Å². The van der Waals surface area contributed by atoms with Crippen molar-refractivity contribution in [3.8, 4) is 0 Å². The van der Waals surface area contributed by atoms with Gasteiger partial charge in [-0.2, -0.15) is 0 Å². The van der Waals surface area contributed by atoms with Crippen molar-refractivity contribution >= 4 is 11.3 Å². The quantitative estimate of drug-likeness (QED) is 0.837. The number of hydrogen-bond donors (Lipinski definition) is 1. The van der Waals surface area contributed by atoms with E-state index >= 15 is 0 Å². The summed E-state index contributed by atoms with van der Waals surface area (Å²) in [6.07, 6.45) is 2.36. The smallest absolute Gasteiger partial charge is 0.0668 e. The summed E-state index contributed by atoms with van der Waals surface area (Å²) >= 11 is 1.90. The molecule has 0 spiro atoms. The number of nitrogens with one attached hydrogen (secondary N) is 1. The Morgan fingerprint density at radius 3 is 2.58 bits per heavy atom. The van der Waals surface area contributed by atoms with Gasteiger partial charge in [0.2, 0.25) is 0 Å². The largest absolute Gasteiger partial charge is 0.309 e. The Kier molecular flexibility index (Phi) is 4.78. The number of hydrogen-bond acceptors (Lipinski definition) is 2. The number of benzene rings is 1. The first kappa shape index (κ1) is 14.3. The van der Waals surface area contributed by atoms with Crippen LogP contribution in [0.3, 0.4) is 0 Å². The van der Waals surface area contributed by atoms with Gasteiger partial charge < -0.3 is 5.32 Å². The second kappa shape index (κ2) is 6.36. The van der Waals surface area contributed by atoms with E-state index in [2.05, 4.69) is 56.4 Å². The SMILES string of the molecule is CCCc1cccc(C(NC)c2cc(C)c(C)s2)c1. The Morgan fingerprint density at radius 1 is 1.21 bits per heavy atom. The van der Waals surface area contributed by atoms with E-state index in [0.717, 1.165) is 6.42 Å². The number of aryl methyl sites for hydroxylation is 3. The van der Waals surface area contributed by atoms with E-state index in [9.17, 15) is 0 Å². The Morgan fingerprint density at radius 2 is 2.00 bits per heavy atom. The molecule has 19 heavy (non-hydrogen) atoms. The molecule has 1 heterocycles. The Balaban J connectivity index is 2.33. The summed E-state index contributed by atoms with van der Waals surface area (Å²) in [5.41, 5.74) is 4.20. The molecule has 0 bridgehead atoms. The summed E-state index contributed by atoms with van der Waals surface area (Å²) in [6.45, 7) is 6.62. The van der Waals surface area contributed by atoms with Crippen molar-refractivity contribution in [2.45, 2.75) is 39.7 Å². The average Bonchev–Trinajstić information content (AvgIpc) is 2.71. The molecule has 1 unspecified atom stereocenters. The lowest BCUT2D eigenvalue weighted by Crippen LogP contribution is -2.16. The van der Waals surface area contributed by atoms with E-state index in [1.807, 2.05) is 18.4 Å². The highest BCUT2D eigenvalue weighted by Gasteiger charge is 2.15. The molecule has 0 saturated carbocycles. The molecule has 1 aromatic heterocycles. The predicted octanol–water partition coefficient (Wildman–Crippen LogP) is 4.63. The zero-order valence-electron chi connectivity index (χ0n) is 12.3. The molecule has 102 valence electrons. The van der Waals surface area contributed by atoms with Gasteiger partial charge in [0.1, 0.15) is 0 Å². The Labute approximate surface area is 120 Å². The van der Waals surface area contributed by atoms with Gasteiger partial charge in [-0.1, -0.05) is 37.6 Å². The lowest BCUT2D eigenvalue weighted by Gasteiger charge is -2.16. The van der Waals surface area contributed by atoms with Crippen molar-refractivity contribution in [3.63, 3.8) is 0 Å². The van der Waals surface area contributed by atoms with Crippen molar-refractivity contribution in [3.05, 3.63) is 56.8 Å². The zero-order chi connectivity index (χ0) is 13.8. The van der Waals surface area contributed by atoms with E-state index in [0.29, 0.717) is 6.04 Å². The summed E-state index contributed by atoms with van der Waals surface area (Å²) in [6, 6.07) is 11.6. The Hall–Kier alpha value is -1.12. The van der Waals surface area contributed by atoms with E-state index in [1.54, 1.807) is 0 Å². The molecule has 0 amide bonds. The van der Waals surface area contributed by atoms with Gasteiger partial charge in [-0.05, 0) is 50.1 Å². The predicted molar refractivity (Wildman–Crippen MR) is 85.1 cm³/mol. The third-order valence-electron chi connectivity index (χ3n) is 3.58. The minimum atomic E-state index is 0.314. The van der Waals surface area contributed by atoms with Crippen molar-refractivity contribution in [2.24, 2.45) is 0 Å². The summed E-state index contributed by atoms with van der Waals surface area (Å²) in [4.78, 5) is 2.83. The molecule has 2 aromatic rings. The minimum absolute atomic E-state index is 0.314. The van der Waals surface area contributed by atoms with Gasteiger partial charge in [0.15, 0.2) is 0 Å². The van der Waals surface area contributed by atoms with Gasteiger partial charge in [0, 0.05) is 9.75 Å². The molecule has 1 N–H and O–H groups in total. The lowest BCUT2D eigenvalue weighted by atomic mass is 10.0. The fourth-order valence-corrected chi connectivity index (χ4v) is 3.62. The highest BCUT2D eigenvalue weighted by Crippen LogP contribution is 2.31. The minimum Gasteiger partial charge on any atom is -0.309 e. The number of rotatable bonds is 5. The molecular formula is C17H23NS. The first-order valence-electron chi connectivity index (χ1n) is 6.98. The highest BCUT2D eigenvalue weighted by molar-refractivity contribution is 7.12. The number of thiophene rings is 1. The normalized spacial score (nSPS) is 12.6. The van der Waals surface area contributed by atoms with E-state index in [1.165, 1.54) is 32.9 Å². The van der Waals surface area contributed by atoms with Crippen LogP contribution in [0.5, 0.6) is 0 Å². The molecular weight excluding hydrogens is 250 g/mol. The Bertz CT molecular complexity index is 522. The molecule has 1 aromatic carbocycles. The van der Waals surface area contributed by atoms with Crippen LogP contribution >= 0.6 is 11.3 Å². The standard InChI is InChI=1S/C17H23NS/c1-5-7-14-8-6-9-15(11-14)17(18-4)16-10-12(2)13(3)19-16/h6,8-11,17-18H,5,7H2,1-4H3. The van der Waals surface area contributed by atoms with Crippen LogP contribution in [0, 0.1) is 13.8 Å². The molecule has 0 aliphatic rings. The maximum absolute atomic E-state index is 3.45. The summed E-state index contributed by atoms with van der Waals surface area (Å²) in [5, 5.41) is 3.45. The summed E-state index contributed by atoms with van der Waals surface area (Å²) < 4.78 is 0. The molecule has 1 atom stereocenters. The van der Waals surface area contributed by atoms with Crippen molar-refractivity contribution in [2.75, 3.05) is 7.05 Å². The molecule has 1 nitrogen and oxygen atoms in total. The highest BCUT2D eigenvalue weighted by atomic mass is 32.1. The molecule has 2 rings (SSSR count). The first-order valence-corrected chi connectivity index (χ1v) is 7.80. The maximum Gasteiger partial charge on any atom is 0.0668 e. The second-order valence-electron chi connectivity index (χ2n) is 5.10. The monoisotopic (exact) mass is 273 g/mol. The van der Waals surface area contributed by atoms with Crippen molar-refractivity contribution in [1.29, 1.82) is 0 Å². The molecule has 0 saturated heterocycles. The lowest BCUT2D eigenvalue weighted by molar-refractivity contribution is 0.702. The fourth-order valence-electron chi connectivity index (χ4n) is 2.43. The van der Waals surface area contributed by atoms with Gasteiger partial charge in [-0.25, -0.2) is 0 Å². The van der Waals surface area contributed by atoms with Crippen LogP contribution in [0.2, 0.25) is 0 Å². The topological polar surface area (TPSA) is 12.0 Å². The van der Waals surface area contributed by atoms with Crippen molar-refractivity contribution < 1.29 is 0 Å². The van der Waals surface area contributed by atoms with Crippen LogP contribution in [-0.4, -0.2) is 7.05 Å². The summed E-state index contributed by atoms with van der Waals surface area (Å²) in [5.74, 6) is 0. The zero-order valence-corrected chi connectivity index (χ0v) is 13.1. The van der Waals surface area contributed by atoms with Gasteiger partial charge in [-0.15, -0.1) is 11.3 Å². The molecule has 2 heteroatoms. The van der Waals surface area contributed by atoms with Gasteiger partial charge in [0.05, 0.1) is 6.04 Å². The fraction of sp³-hybridized carbons (Fsp3) is 0.412. The molecule has 0 radical (unpaired) electrons. The first-order chi connectivity index (χ1) is 9.15. The van der Waals surface area contributed by atoms with Crippen LogP contribution < -0.4 is 5.32 Å². The second-order valence-corrected chi connectivity index (χ2v) is 6.39. The molecule has 0 fully saturated rings. The maximum atomic E-state index is 3.45. The van der Waals surface area contributed by atoms with Crippen LogP contribution in [-0.2, 0) is 6.42 Å². The third kappa shape index (κ3) is 3.26. The van der Waals surface area contributed by atoms with Gasteiger partial charge in [-0.3, -0.25) is 0 Å². The van der Waals surface area contributed by atoms with Crippen LogP contribution in [0.15, 0.2) is 30.3 Å². The van der Waals surface area contributed by atoms with E-state index in [4.69, 9.17) is 0 Å². The molecule has 0 aliphatic carbocycles. The van der Waals surface area contributed by atoms with E-state index < -0.39 is 0 Å². The molecule has 0 aliphatic heterocycles. The van der Waals surface area contributed by atoms with Gasteiger partial charge >= 0.3 is 0 Å². The van der Waals surface area contributed by atoms with Crippen LogP contribution in [0.1, 0.15) is 45.8 Å².